The zero-order chi connectivity index (χ0) is 32.1. The van der Waals surface area contributed by atoms with Gasteiger partial charge >= 0.3 is 0 Å². The summed E-state index contributed by atoms with van der Waals surface area (Å²) >= 11 is 5.80. The van der Waals surface area contributed by atoms with Gasteiger partial charge in [-0.05, 0) is 37.5 Å². The van der Waals surface area contributed by atoms with Gasteiger partial charge in [-0.2, -0.15) is 5.10 Å². The molecule has 1 saturated heterocycles. The van der Waals surface area contributed by atoms with Crippen molar-refractivity contribution in [2.24, 2.45) is 0 Å². The first kappa shape index (κ1) is 32.6. The van der Waals surface area contributed by atoms with Crippen molar-refractivity contribution < 1.29 is 27.9 Å². The number of anilines is 2. The van der Waals surface area contributed by atoms with Gasteiger partial charge in [0, 0.05) is 42.0 Å². The van der Waals surface area contributed by atoms with E-state index in [1.54, 1.807) is 11.1 Å². The predicted octanol–water partition coefficient (Wildman–Crippen LogP) is 6.07. The van der Waals surface area contributed by atoms with E-state index in [0.717, 1.165) is 42.1 Å². The fraction of sp³-hybridized carbons (Fsp3) is 0.333. The summed E-state index contributed by atoms with van der Waals surface area (Å²) in [5.74, 6) is -1.24. The average molecular weight is 630 g/mol. The first-order chi connectivity index (χ1) is 21.1. The maximum Gasteiger partial charge on any atom is 0.275 e. The minimum atomic E-state index is -3.02. The van der Waals surface area contributed by atoms with E-state index < -0.39 is 35.3 Å². The number of aromatic nitrogens is 5. The molecule has 1 aliphatic rings. The molecular formula is C30H31ClF3N7O3. The van der Waals surface area contributed by atoms with Crippen molar-refractivity contribution in [2.45, 2.75) is 53.0 Å². The van der Waals surface area contributed by atoms with Crippen molar-refractivity contribution in [2.75, 3.05) is 23.4 Å². The van der Waals surface area contributed by atoms with Gasteiger partial charge in [0.15, 0.2) is 5.82 Å². The molecule has 2 N–H and O–H groups in total. The fourth-order valence-corrected chi connectivity index (χ4v) is 5.04. The number of aliphatic hydroxyl groups excluding tert-OH is 1. The van der Waals surface area contributed by atoms with Crippen molar-refractivity contribution in [3.63, 3.8) is 0 Å². The Morgan fingerprint density at radius 2 is 1.86 bits per heavy atom. The van der Waals surface area contributed by atoms with Crippen LogP contribution in [0, 0.1) is 19.7 Å². The number of pyridine rings is 1. The van der Waals surface area contributed by atoms with E-state index in [4.69, 9.17) is 11.6 Å². The monoisotopic (exact) mass is 629 g/mol. The SMILES string of the molecule is CC.Cc1c(C(CO)n2cc(NC(=O)c3cncc(-c4c(C(F)F)ccc(Cl)c4F)n3)cn2)cnc(N2CCCC2=O)c1C. The van der Waals surface area contributed by atoms with Crippen LogP contribution in [-0.2, 0) is 4.79 Å². The lowest BCUT2D eigenvalue weighted by Gasteiger charge is -2.23. The third-order valence-electron chi connectivity index (χ3n) is 7.18. The van der Waals surface area contributed by atoms with Gasteiger partial charge in [-0.3, -0.25) is 24.2 Å². The van der Waals surface area contributed by atoms with Gasteiger partial charge in [-0.15, -0.1) is 0 Å². The molecule has 3 aromatic heterocycles. The van der Waals surface area contributed by atoms with Gasteiger partial charge in [0.05, 0.1) is 41.6 Å². The average Bonchev–Trinajstić information content (AvgIpc) is 3.66. The molecule has 1 atom stereocenters. The highest BCUT2D eigenvalue weighted by molar-refractivity contribution is 6.31. The number of rotatable bonds is 8. The van der Waals surface area contributed by atoms with Crippen LogP contribution in [0.1, 0.15) is 71.9 Å². The highest BCUT2D eigenvalue weighted by Gasteiger charge is 2.27. The highest BCUT2D eigenvalue weighted by atomic mass is 35.5. The lowest BCUT2D eigenvalue weighted by Crippen LogP contribution is -2.26. The van der Waals surface area contributed by atoms with Crippen LogP contribution in [0.4, 0.5) is 24.7 Å². The van der Waals surface area contributed by atoms with Crippen LogP contribution >= 0.6 is 11.6 Å². The lowest BCUT2D eigenvalue weighted by molar-refractivity contribution is -0.117. The summed E-state index contributed by atoms with van der Waals surface area (Å²) in [6, 6.07) is 1.36. The number of amides is 2. The third-order valence-corrected chi connectivity index (χ3v) is 7.47. The standard InChI is InChI=1S/C28H25ClF3N7O3.C2H6/c1-14-15(2)27(38-7-3-4-23(38)41)34-9-18(14)22(13-40)39-12-16(8-35-39)36-28(42)21-11-33-10-20(37-21)24-17(26(31)32)5-6-19(29)25(24)30;1-2/h5-6,8-12,22,26,40H,3-4,7,13H2,1-2H3,(H,36,42);1-2H3. The molecule has 1 aromatic carbocycles. The van der Waals surface area contributed by atoms with E-state index in [-0.39, 0.29) is 34.6 Å². The summed E-state index contributed by atoms with van der Waals surface area (Å²) in [6.07, 6.45) is 4.86. The van der Waals surface area contributed by atoms with Crippen LogP contribution in [0.2, 0.25) is 5.02 Å². The maximum atomic E-state index is 14.7. The molecule has 10 nitrogen and oxygen atoms in total. The second kappa shape index (κ2) is 14.0. The maximum absolute atomic E-state index is 14.7. The largest absolute Gasteiger partial charge is 0.394 e. The summed E-state index contributed by atoms with van der Waals surface area (Å²) in [6.45, 7) is 8.01. The van der Waals surface area contributed by atoms with Gasteiger partial charge in [-0.1, -0.05) is 31.5 Å². The van der Waals surface area contributed by atoms with E-state index in [1.165, 1.54) is 17.1 Å². The molecule has 0 spiro atoms. The zero-order valence-corrected chi connectivity index (χ0v) is 25.2. The number of nitrogens with one attached hydrogen (secondary N) is 1. The summed E-state index contributed by atoms with van der Waals surface area (Å²) in [4.78, 5) is 39.3. The molecule has 1 fully saturated rings. The fourth-order valence-electron chi connectivity index (χ4n) is 4.88. The van der Waals surface area contributed by atoms with Crippen LogP contribution in [0.5, 0.6) is 0 Å². The number of benzene rings is 1. The number of nitrogens with zero attached hydrogens (tertiary/aromatic N) is 6. The molecule has 1 unspecified atom stereocenters. The quantitative estimate of drug-likeness (QED) is 0.242. The number of carbonyl (C=O) groups is 2. The van der Waals surface area contributed by atoms with E-state index >= 15 is 0 Å². The lowest BCUT2D eigenvalue weighted by atomic mass is 10.00. The third kappa shape index (κ3) is 6.43. The zero-order valence-electron chi connectivity index (χ0n) is 24.5. The van der Waals surface area contributed by atoms with Crippen molar-refractivity contribution in [3.8, 4) is 11.3 Å². The summed E-state index contributed by atoms with van der Waals surface area (Å²) in [7, 11) is 0. The van der Waals surface area contributed by atoms with Crippen molar-refractivity contribution in [3.05, 3.63) is 81.9 Å². The topological polar surface area (TPSA) is 126 Å². The first-order valence-electron chi connectivity index (χ1n) is 13.9. The first-order valence-corrected chi connectivity index (χ1v) is 14.3. The summed E-state index contributed by atoms with van der Waals surface area (Å²) < 4.78 is 43.3. The molecule has 1 aliphatic heterocycles. The Labute approximate surface area is 256 Å². The molecule has 0 aliphatic carbocycles. The molecule has 2 amide bonds. The van der Waals surface area contributed by atoms with Crippen molar-refractivity contribution in [1.29, 1.82) is 0 Å². The number of carbonyl (C=O) groups excluding carboxylic acids is 2. The van der Waals surface area contributed by atoms with E-state index in [1.807, 2.05) is 27.7 Å². The normalized spacial score (nSPS) is 13.6. The highest BCUT2D eigenvalue weighted by Crippen LogP contribution is 2.35. The Morgan fingerprint density at radius 3 is 2.52 bits per heavy atom. The van der Waals surface area contributed by atoms with Gasteiger partial charge in [0.1, 0.15) is 17.6 Å². The number of hydrogen-bond acceptors (Lipinski definition) is 7. The van der Waals surface area contributed by atoms with E-state index in [0.29, 0.717) is 24.3 Å². The second-order valence-electron chi connectivity index (χ2n) is 9.71. The smallest absolute Gasteiger partial charge is 0.275 e. The van der Waals surface area contributed by atoms with E-state index in [9.17, 15) is 27.9 Å². The number of aliphatic hydroxyl groups is 1. The van der Waals surface area contributed by atoms with Crippen molar-refractivity contribution in [1.82, 2.24) is 24.7 Å². The van der Waals surface area contributed by atoms with Crippen LogP contribution < -0.4 is 10.2 Å². The number of hydrogen-bond donors (Lipinski definition) is 2. The molecule has 232 valence electrons. The van der Waals surface area contributed by atoms with E-state index in [2.05, 4.69) is 25.4 Å². The molecule has 14 heteroatoms. The Hall–Kier alpha value is -4.36. The van der Waals surface area contributed by atoms with Crippen molar-refractivity contribution >= 4 is 34.9 Å². The Bertz CT molecular complexity index is 1680. The van der Waals surface area contributed by atoms with Crippen LogP contribution in [-0.4, -0.2) is 54.8 Å². The molecule has 4 heterocycles. The number of alkyl halides is 2. The summed E-state index contributed by atoms with van der Waals surface area (Å²) in [5.41, 5.74) is 0.845. The molecular weight excluding hydrogens is 599 g/mol. The molecule has 44 heavy (non-hydrogen) atoms. The molecule has 0 radical (unpaired) electrons. The van der Waals surface area contributed by atoms with Gasteiger partial charge in [-0.25, -0.2) is 23.1 Å². The van der Waals surface area contributed by atoms with Gasteiger partial charge < -0.3 is 10.4 Å². The molecule has 5 rings (SSSR count). The van der Waals surface area contributed by atoms with Crippen LogP contribution in [0.3, 0.4) is 0 Å². The Morgan fingerprint density at radius 1 is 1.11 bits per heavy atom. The molecule has 4 aromatic rings. The van der Waals surface area contributed by atoms with Crippen LogP contribution in [0.15, 0.2) is 43.1 Å². The van der Waals surface area contributed by atoms with Crippen LogP contribution in [0.25, 0.3) is 11.3 Å². The number of halogens is 4. The molecule has 0 saturated carbocycles. The second-order valence-corrected chi connectivity index (χ2v) is 10.1. The molecule has 0 bridgehead atoms. The van der Waals surface area contributed by atoms with Gasteiger partial charge in [0.25, 0.3) is 12.3 Å². The predicted molar refractivity (Wildman–Crippen MR) is 159 cm³/mol. The van der Waals surface area contributed by atoms with Gasteiger partial charge in [0.2, 0.25) is 5.91 Å². The minimum absolute atomic E-state index is 0.0197. The summed E-state index contributed by atoms with van der Waals surface area (Å²) in [5, 5.41) is 16.7. The minimum Gasteiger partial charge on any atom is -0.394 e. The Balaban J connectivity index is 0.00000216. The Kier molecular flexibility index (Phi) is 10.3.